The number of nitrogens with zero attached hydrogens (tertiary/aromatic N) is 1. The lowest BCUT2D eigenvalue weighted by molar-refractivity contribution is 0.182. The van der Waals surface area contributed by atoms with E-state index < -0.39 is 11.9 Å². The molecule has 112 valence electrons. The van der Waals surface area contributed by atoms with E-state index in [2.05, 4.69) is 4.98 Å². The molecular weight excluding hydrogens is 295 g/mol. The number of pyridine rings is 1. The molecule has 2 rings (SSSR count). The molecule has 1 atom stereocenters. The number of hydrogen-bond donors (Lipinski definition) is 2. The quantitative estimate of drug-likeness (QED) is 0.911. The number of rotatable bonds is 4. The van der Waals surface area contributed by atoms with Crippen LogP contribution in [-0.4, -0.2) is 23.7 Å². The zero-order valence-electron chi connectivity index (χ0n) is 11.7. The molecule has 0 saturated heterocycles. The Morgan fingerprint density at radius 2 is 2.14 bits per heavy atom. The van der Waals surface area contributed by atoms with Crippen molar-refractivity contribution in [2.45, 2.75) is 13.0 Å². The molecule has 0 aliphatic rings. The van der Waals surface area contributed by atoms with Gasteiger partial charge in [-0.3, -0.25) is 0 Å². The Hall–Kier alpha value is -1.69. The molecule has 6 heteroatoms. The summed E-state index contributed by atoms with van der Waals surface area (Å²) in [6.45, 7) is 1.89. The first-order valence-electron chi connectivity index (χ1n) is 6.37. The minimum Gasteiger partial charge on any atom is -0.494 e. The summed E-state index contributed by atoms with van der Waals surface area (Å²) in [4.78, 5) is 4.38. The zero-order chi connectivity index (χ0) is 15.6. The van der Waals surface area contributed by atoms with Crippen molar-refractivity contribution in [3.05, 3.63) is 46.4 Å². The van der Waals surface area contributed by atoms with Gasteiger partial charge in [0.2, 0.25) is 0 Å². The molecule has 1 aromatic heterocycles. The number of ether oxygens (including phenoxy) is 1. The molecule has 0 aliphatic carbocycles. The largest absolute Gasteiger partial charge is 0.494 e. The number of aryl methyl sites for hydroxylation is 1. The standard InChI is InChI=1S/C15H16ClFN2O2/c1-8-5-12(13(20)7-18)19-14(15(8)21-2)9-3-4-11(17)10(16)6-9/h3-6,13,20H,7,18H2,1-2H3. The van der Waals surface area contributed by atoms with Gasteiger partial charge in [-0.15, -0.1) is 0 Å². The lowest BCUT2D eigenvalue weighted by atomic mass is 10.1. The minimum atomic E-state index is -0.871. The van der Waals surface area contributed by atoms with E-state index >= 15 is 0 Å². The summed E-state index contributed by atoms with van der Waals surface area (Å²) in [7, 11) is 1.53. The fraction of sp³-hybridized carbons (Fsp3) is 0.267. The molecule has 1 unspecified atom stereocenters. The molecule has 0 fully saturated rings. The predicted molar refractivity (Wildman–Crippen MR) is 79.9 cm³/mol. The van der Waals surface area contributed by atoms with Gasteiger partial charge in [-0.05, 0) is 36.8 Å². The van der Waals surface area contributed by atoms with Crippen LogP contribution in [-0.2, 0) is 0 Å². The summed E-state index contributed by atoms with van der Waals surface area (Å²) in [5, 5.41) is 9.87. The van der Waals surface area contributed by atoms with Crippen LogP contribution in [0, 0.1) is 12.7 Å². The van der Waals surface area contributed by atoms with Gasteiger partial charge < -0.3 is 15.6 Å². The van der Waals surface area contributed by atoms with E-state index in [1.54, 1.807) is 12.1 Å². The SMILES string of the molecule is COc1c(C)cc(C(O)CN)nc1-c1ccc(F)c(Cl)c1. The van der Waals surface area contributed by atoms with Crippen molar-refractivity contribution >= 4 is 11.6 Å². The second-order valence-electron chi connectivity index (χ2n) is 4.63. The van der Waals surface area contributed by atoms with Crippen LogP contribution in [0.15, 0.2) is 24.3 Å². The van der Waals surface area contributed by atoms with Gasteiger partial charge in [-0.2, -0.15) is 0 Å². The van der Waals surface area contributed by atoms with Crippen LogP contribution in [0.4, 0.5) is 4.39 Å². The summed E-state index contributed by atoms with van der Waals surface area (Å²) < 4.78 is 18.7. The number of halogens is 2. The number of aromatic nitrogens is 1. The third-order valence-corrected chi connectivity index (χ3v) is 3.43. The van der Waals surface area contributed by atoms with Crippen LogP contribution in [0.1, 0.15) is 17.4 Å². The first kappa shape index (κ1) is 15.7. The number of benzene rings is 1. The van der Waals surface area contributed by atoms with Crippen LogP contribution < -0.4 is 10.5 Å². The van der Waals surface area contributed by atoms with Crippen molar-refractivity contribution < 1.29 is 14.2 Å². The number of aliphatic hydroxyl groups excluding tert-OH is 1. The minimum absolute atomic E-state index is 0.00113. The number of methoxy groups -OCH3 is 1. The number of aliphatic hydroxyl groups is 1. The highest BCUT2D eigenvalue weighted by Gasteiger charge is 2.17. The topological polar surface area (TPSA) is 68.4 Å². The Labute approximate surface area is 127 Å². The van der Waals surface area contributed by atoms with Gasteiger partial charge in [0.05, 0.1) is 17.8 Å². The van der Waals surface area contributed by atoms with Crippen molar-refractivity contribution in [2.24, 2.45) is 5.73 Å². The molecule has 21 heavy (non-hydrogen) atoms. The smallest absolute Gasteiger partial charge is 0.148 e. The molecule has 0 bridgehead atoms. The lowest BCUT2D eigenvalue weighted by Crippen LogP contribution is -2.14. The van der Waals surface area contributed by atoms with Gasteiger partial charge in [0, 0.05) is 12.1 Å². The van der Waals surface area contributed by atoms with E-state index in [1.807, 2.05) is 6.92 Å². The second-order valence-corrected chi connectivity index (χ2v) is 5.03. The Bertz CT molecular complexity index is 664. The van der Waals surface area contributed by atoms with Crippen LogP contribution >= 0.6 is 11.6 Å². The van der Waals surface area contributed by atoms with Crippen molar-refractivity contribution in [3.8, 4) is 17.0 Å². The Morgan fingerprint density at radius 3 is 2.71 bits per heavy atom. The van der Waals surface area contributed by atoms with Gasteiger partial charge in [-0.25, -0.2) is 9.37 Å². The van der Waals surface area contributed by atoms with E-state index in [1.165, 1.54) is 19.2 Å². The van der Waals surface area contributed by atoms with Crippen molar-refractivity contribution in [3.63, 3.8) is 0 Å². The summed E-state index contributed by atoms with van der Waals surface area (Å²) >= 11 is 5.82. The van der Waals surface area contributed by atoms with Crippen molar-refractivity contribution in [1.29, 1.82) is 0 Å². The molecule has 0 saturated carbocycles. The molecule has 4 nitrogen and oxygen atoms in total. The molecule has 0 amide bonds. The van der Waals surface area contributed by atoms with E-state index in [4.69, 9.17) is 22.1 Å². The van der Waals surface area contributed by atoms with Crippen LogP contribution in [0.2, 0.25) is 5.02 Å². The third-order valence-electron chi connectivity index (χ3n) is 3.14. The average molecular weight is 311 g/mol. The number of hydrogen-bond acceptors (Lipinski definition) is 4. The molecule has 3 N–H and O–H groups in total. The Balaban J connectivity index is 2.64. The van der Waals surface area contributed by atoms with Gasteiger partial charge in [0.25, 0.3) is 0 Å². The van der Waals surface area contributed by atoms with Crippen LogP contribution in [0.25, 0.3) is 11.3 Å². The van der Waals surface area contributed by atoms with Gasteiger partial charge in [0.1, 0.15) is 23.4 Å². The van der Waals surface area contributed by atoms with Crippen molar-refractivity contribution in [2.75, 3.05) is 13.7 Å². The molecule has 1 aromatic carbocycles. The molecule has 0 aliphatic heterocycles. The van der Waals surface area contributed by atoms with Crippen LogP contribution in [0.5, 0.6) is 5.75 Å². The highest BCUT2D eigenvalue weighted by atomic mass is 35.5. The first-order chi connectivity index (χ1) is 9.97. The maximum Gasteiger partial charge on any atom is 0.148 e. The average Bonchev–Trinajstić information content (AvgIpc) is 2.48. The van der Waals surface area contributed by atoms with E-state index in [9.17, 15) is 9.50 Å². The van der Waals surface area contributed by atoms with Crippen LogP contribution in [0.3, 0.4) is 0 Å². The fourth-order valence-electron chi connectivity index (χ4n) is 2.07. The first-order valence-corrected chi connectivity index (χ1v) is 6.74. The summed E-state index contributed by atoms with van der Waals surface area (Å²) in [5.74, 6) is 0.0416. The summed E-state index contributed by atoms with van der Waals surface area (Å²) in [5.41, 5.74) is 7.79. The Morgan fingerprint density at radius 1 is 1.43 bits per heavy atom. The second kappa shape index (κ2) is 6.39. The van der Waals surface area contributed by atoms with Gasteiger partial charge in [-0.1, -0.05) is 11.6 Å². The molecule has 0 radical (unpaired) electrons. The third kappa shape index (κ3) is 3.15. The fourth-order valence-corrected chi connectivity index (χ4v) is 2.26. The van der Waals surface area contributed by atoms with Gasteiger partial charge >= 0.3 is 0 Å². The van der Waals surface area contributed by atoms with Gasteiger partial charge in [0.15, 0.2) is 0 Å². The monoisotopic (exact) mass is 310 g/mol. The van der Waals surface area contributed by atoms with Crippen molar-refractivity contribution in [1.82, 2.24) is 4.98 Å². The normalized spacial score (nSPS) is 12.3. The maximum atomic E-state index is 13.3. The molecular formula is C15H16ClFN2O2. The molecule has 0 spiro atoms. The Kier molecular flexibility index (Phi) is 4.77. The van der Waals surface area contributed by atoms with E-state index in [0.717, 1.165) is 5.56 Å². The van der Waals surface area contributed by atoms with E-state index in [-0.39, 0.29) is 11.6 Å². The number of nitrogens with two attached hydrogens (primary N) is 1. The highest BCUT2D eigenvalue weighted by molar-refractivity contribution is 6.31. The highest BCUT2D eigenvalue weighted by Crippen LogP contribution is 2.34. The van der Waals surface area contributed by atoms with E-state index in [0.29, 0.717) is 22.7 Å². The molecule has 2 aromatic rings. The zero-order valence-corrected chi connectivity index (χ0v) is 12.5. The summed E-state index contributed by atoms with van der Waals surface area (Å²) in [6, 6.07) is 6.01. The molecule has 1 heterocycles. The predicted octanol–water partition coefficient (Wildman–Crippen LogP) is 2.85. The summed E-state index contributed by atoms with van der Waals surface area (Å²) in [6.07, 6.45) is -0.871. The lowest BCUT2D eigenvalue weighted by Gasteiger charge is -2.15. The maximum absolute atomic E-state index is 13.3.